The molecule has 2 aromatic heterocycles. The lowest BCUT2D eigenvalue weighted by Crippen LogP contribution is -2.47. The van der Waals surface area contributed by atoms with E-state index in [1.165, 1.54) is 16.6 Å². The van der Waals surface area contributed by atoms with E-state index in [2.05, 4.69) is 59.7 Å². The summed E-state index contributed by atoms with van der Waals surface area (Å²) in [5.41, 5.74) is 8.05. The van der Waals surface area contributed by atoms with Crippen molar-refractivity contribution < 1.29 is 19.7 Å². The highest BCUT2D eigenvalue weighted by molar-refractivity contribution is 5.83. The summed E-state index contributed by atoms with van der Waals surface area (Å²) in [6.45, 7) is 7.40. The number of ether oxygens (including phenoxy) is 1. The van der Waals surface area contributed by atoms with Crippen molar-refractivity contribution in [1.82, 2.24) is 29.7 Å². The van der Waals surface area contributed by atoms with Crippen molar-refractivity contribution in [2.24, 2.45) is 0 Å². The van der Waals surface area contributed by atoms with Gasteiger partial charge >= 0.3 is 0 Å². The number of imidazole rings is 1. The number of carbonyl (C=O) groups is 1. The number of hydrogen-bond acceptors (Lipinski definition) is 11. The molecule has 5 rings (SSSR count). The van der Waals surface area contributed by atoms with Crippen molar-refractivity contribution >= 4 is 34.5 Å². The standard InChI is InChI=1S/C24H33N9O4/c1-2-26-22(36)19-17(34)18(35)23(37-19)33-14-28-16-20(25)29-24(30-21(16)33)27-8-9-31-10-12-32(13-11-31)15-6-4-3-5-7-15/h3-7,14,17-19,23,34-35H,2,8-13H2,1H3,(H,26,36)(H3,25,27,29,30)/t17-,18+,19-,23+/m0/s1. The molecule has 0 aliphatic carbocycles. The first-order chi connectivity index (χ1) is 18.0. The number of nitrogens with two attached hydrogens (primary N) is 1. The first-order valence-corrected chi connectivity index (χ1v) is 12.5. The Labute approximate surface area is 214 Å². The summed E-state index contributed by atoms with van der Waals surface area (Å²) < 4.78 is 7.18. The van der Waals surface area contributed by atoms with Gasteiger partial charge in [-0.15, -0.1) is 0 Å². The Bertz CT molecular complexity index is 1220. The van der Waals surface area contributed by atoms with Gasteiger partial charge in [-0.2, -0.15) is 9.97 Å². The van der Waals surface area contributed by atoms with E-state index in [4.69, 9.17) is 10.5 Å². The average molecular weight is 512 g/mol. The molecule has 13 heteroatoms. The number of carbonyl (C=O) groups excluding carboxylic acids is 1. The molecule has 2 fully saturated rings. The molecule has 198 valence electrons. The van der Waals surface area contributed by atoms with Gasteiger partial charge < -0.3 is 36.2 Å². The Morgan fingerprint density at radius 1 is 1.14 bits per heavy atom. The van der Waals surface area contributed by atoms with Crippen molar-refractivity contribution in [2.45, 2.75) is 31.5 Å². The number of amides is 1. The van der Waals surface area contributed by atoms with Crippen LogP contribution >= 0.6 is 0 Å². The van der Waals surface area contributed by atoms with Crippen molar-refractivity contribution in [3.05, 3.63) is 36.7 Å². The zero-order valence-electron chi connectivity index (χ0n) is 20.7. The third kappa shape index (κ3) is 5.16. The quantitative estimate of drug-likeness (QED) is 0.262. The molecule has 37 heavy (non-hydrogen) atoms. The molecule has 3 aromatic rings. The van der Waals surface area contributed by atoms with E-state index in [1.807, 2.05) is 6.07 Å². The molecule has 4 heterocycles. The number of aromatic nitrogens is 4. The summed E-state index contributed by atoms with van der Waals surface area (Å²) >= 11 is 0. The van der Waals surface area contributed by atoms with E-state index in [0.717, 1.165) is 32.7 Å². The molecule has 0 spiro atoms. The Kier molecular flexibility index (Phi) is 7.37. The summed E-state index contributed by atoms with van der Waals surface area (Å²) in [5, 5.41) is 26.8. The summed E-state index contributed by atoms with van der Waals surface area (Å²) in [6.07, 6.45) is -3.61. The normalized spacial score (nSPS) is 24.5. The van der Waals surface area contributed by atoms with Crippen LogP contribution in [0.1, 0.15) is 13.2 Å². The van der Waals surface area contributed by atoms with Crippen LogP contribution in [-0.2, 0) is 9.53 Å². The van der Waals surface area contributed by atoms with E-state index in [1.54, 1.807) is 6.92 Å². The second-order valence-corrected chi connectivity index (χ2v) is 9.17. The minimum atomic E-state index is -1.40. The number of aliphatic hydroxyl groups excluding tert-OH is 2. The molecule has 6 N–H and O–H groups in total. The van der Waals surface area contributed by atoms with Crippen LogP contribution in [0.3, 0.4) is 0 Å². The predicted octanol–water partition coefficient (Wildman–Crippen LogP) is -0.602. The van der Waals surface area contributed by atoms with Crippen LogP contribution in [0.4, 0.5) is 17.5 Å². The molecule has 2 aliphatic rings. The number of likely N-dealkylation sites (N-methyl/N-ethyl adjacent to an activating group) is 1. The molecule has 13 nitrogen and oxygen atoms in total. The van der Waals surface area contributed by atoms with E-state index in [9.17, 15) is 15.0 Å². The van der Waals surface area contributed by atoms with Crippen molar-refractivity contribution in [3.8, 4) is 0 Å². The fourth-order valence-electron chi connectivity index (χ4n) is 4.78. The number of aliphatic hydroxyl groups is 2. The van der Waals surface area contributed by atoms with Gasteiger partial charge in [0.25, 0.3) is 5.91 Å². The van der Waals surface area contributed by atoms with Gasteiger partial charge in [0, 0.05) is 51.5 Å². The second kappa shape index (κ2) is 10.8. The largest absolute Gasteiger partial charge is 0.387 e. The first-order valence-electron chi connectivity index (χ1n) is 12.5. The number of nitrogens with one attached hydrogen (secondary N) is 2. The number of hydrogen-bond donors (Lipinski definition) is 5. The number of benzene rings is 1. The highest BCUT2D eigenvalue weighted by atomic mass is 16.6. The van der Waals surface area contributed by atoms with Crippen molar-refractivity contribution in [3.63, 3.8) is 0 Å². The monoisotopic (exact) mass is 511 g/mol. The average Bonchev–Trinajstić information content (AvgIpc) is 3.46. The number of piperazine rings is 1. The molecule has 0 bridgehead atoms. The van der Waals surface area contributed by atoms with E-state index in [-0.39, 0.29) is 5.82 Å². The van der Waals surface area contributed by atoms with Crippen LogP contribution in [0.2, 0.25) is 0 Å². The van der Waals surface area contributed by atoms with Crippen LogP contribution in [0.5, 0.6) is 0 Å². The van der Waals surface area contributed by atoms with Gasteiger partial charge in [0.05, 0.1) is 6.33 Å². The summed E-state index contributed by atoms with van der Waals surface area (Å²) in [5.74, 6) is 0.00101. The maximum absolute atomic E-state index is 12.2. The first kappa shape index (κ1) is 25.1. The van der Waals surface area contributed by atoms with Crippen LogP contribution in [0.25, 0.3) is 11.2 Å². The van der Waals surface area contributed by atoms with Crippen molar-refractivity contribution in [1.29, 1.82) is 0 Å². The molecule has 0 saturated carbocycles. The summed E-state index contributed by atoms with van der Waals surface area (Å²) in [6, 6.07) is 10.4. The van der Waals surface area contributed by atoms with Gasteiger partial charge in [-0.25, -0.2) is 4.98 Å². The minimum Gasteiger partial charge on any atom is -0.387 e. The molecular formula is C24H33N9O4. The summed E-state index contributed by atoms with van der Waals surface area (Å²) in [4.78, 5) is 30.1. The Balaban J connectivity index is 1.22. The Hall–Kier alpha value is -3.52. The number of anilines is 3. The zero-order valence-corrected chi connectivity index (χ0v) is 20.7. The lowest BCUT2D eigenvalue weighted by atomic mass is 10.1. The van der Waals surface area contributed by atoms with Crippen molar-refractivity contribution in [2.75, 3.05) is 61.8 Å². The molecular weight excluding hydrogens is 478 g/mol. The highest BCUT2D eigenvalue weighted by Crippen LogP contribution is 2.32. The van der Waals surface area contributed by atoms with Gasteiger partial charge in [0.1, 0.15) is 17.7 Å². The van der Waals surface area contributed by atoms with Gasteiger partial charge in [-0.3, -0.25) is 14.3 Å². The number of fused-ring (bicyclic) bond motifs is 1. The SMILES string of the molecule is CCNC(=O)[C@H]1O[C@@H](n2cnc3c(N)nc(NCCN4CCN(c5ccccc5)CC4)nc32)[C@H](O)[C@@H]1O. The van der Waals surface area contributed by atoms with E-state index in [0.29, 0.717) is 30.2 Å². The van der Waals surface area contributed by atoms with Crippen LogP contribution in [0, 0.1) is 0 Å². The van der Waals surface area contributed by atoms with E-state index >= 15 is 0 Å². The minimum absolute atomic E-state index is 0.177. The molecule has 4 atom stereocenters. The zero-order chi connectivity index (χ0) is 25.9. The van der Waals surface area contributed by atoms with Crippen LogP contribution in [-0.4, -0.2) is 105 Å². The topological polar surface area (TPSA) is 167 Å². The third-order valence-electron chi connectivity index (χ3n) is 6.78. The predicted molar refractivity (Wildman–Crippen MR) is 138 cm³/mol. The molecule has 2 aliphatic heterocycles. The van der Waals surface area contributed by atoms with Gasteiger partial charge in [-0.05, 0) is 19.1 Å². The number of nitrogen functional groups attached to an aromatic ring is 1. The van der Waals surface area contributed by atoms with Gasteiger partial charge in [0.15, 0.2) is 23.8 Å². The second-order valence-electron chi connectivity index (χ2n) is 9.17. The fraction of sp³-hybridized carbons (Fsp3) is 0.500. The lowest BCUT2D eigenvalue weighted by Gasteiger charge is -2.36. The van der Waals surface area contributed by atoms with Crippen LogP contribution < -0.4 is 21.3 Å². The Morgan fingerprint density at radius 3 is 2.62 bits per heavy atom. The molecule has 0 radical (unpaired) electrons. The maximum Gasteiger partial charge on any atom is 0.252 e. The van der Waals surface area contributed by atoms with Gasteiger partial charge in [0.2, 0.25) is 5.95 Å². The van der Waals surface area contributed by atoms with Gasteiger partial charge in [-0.1, -0.05) is 18.2 Å². The Morgan fingerprint density at radius 2 is 1.89 bits per heavy atom. The molecule has 1 amide bonds. The third-order valence-corrected chi connectivity index (χ3v) is 6.78. The lowest BCUT2D eigenvalue weighted by molar-refractivity contribution is -0.137. The molecule has 1 aromatic carbocycles. The smallest absolute Gasteiger partial charge is 0.252 e. The van der Waals surface area contributed by atoms with E-state index < -0.39 is 30.4 Å². The number of para-hydroxylation sites is 1. The maximum atomic E-state index is 12.2. The molecule has 0 unspecified atom stereocenters. The van der Waals surface area contributed by atoms with Crippen LogP contribution in [0.15, 0.2) is 36.7 Å². The number of nitrogens with zero attached hydrogens (tertiary/aromatic N) is 6. The molecule has 2 saturated heterocycles. The summed E-state index contributed by atoms with van der Waals surface area (Å²) in [7, 11) is 0. The number of rotatable bonds is 8. The highest BCUT2D eigenvalue weighted by Gasteiger charge is 2.47. The fourth-order valence-corrected chi connectivity index (χ4v) is 4.78.